The van der Waals surface area contributed by atoms with E-state index < -0.39 is 53.0 Å². The zero-order chi connectivity index (χ0) is 49.5. The Morgan fingerprint density at radius 1 is 0.985 bits per heavy atom. The number of ether oxygens (including phenoxy) is 3. The molecule has 1 aromatic heterocycles. The zero-order valence-corrected chi connectivity index (χ0v) is 41.3. The fourth-order valence-corrected chi connectivity index (χ4v) is 9.46. The van der Waals surface area contributed by atoms with Gasteiger partial charge in [-0.3, -0.25) is 24.4 Å². The molecule has 0 aliphatic carbocycles. The molecule has 15 heteroatoms. The largest absolute Gasteiger partial charge is 0.507 e. The lowest BCUT2D eigenvalue weighted by Crippen LogP contribution is -2.43. The molecule has 67 heavy (non-hydrogen) atoms. The molecule has 2 aromatic carbocycles. The second-order valence-electron chi connectivity index (χ2n) is 19.2. The van der Waals surface area contributed by atoms with Crippen molar-refractivity contribution in [3.63, 3.8) is 0 Å². The predicted molar refractivity (Wildman–Crippen MR) is 256 cm³/mol. The quantitative estimate of drug-likeness (QED) is 0.140. The lowest BCUT2D eigenvalue weighted by molar-refractivity contribution is -0.378. The molecule has 364 valence electrons. The minimum atomic E-state index is -1.85. The third-order valence-corrected chi connectivity index (χ3v) is 13.1. The molecule has 7 atom stereocenters. The van der Waals surface area contributed by atoms with Crippen molar-refractivity contribution in [2.24, 2.45) is 39.6 Å². The number of nitrogens with zero attached hydrogens (tertiary/aromatic N) is 3. The molecule has 4 bridgehead atoms. The summed E-state index contributed by atoms with van der Waals surface area (Å²) in [6.45, 7) is 22.7. The molecule has 1 amide bonds. The second kappa shape index (κ2) is 22.0. The average molecular weight is 927 g/mol. The molecule has 15 nitrogen and oxygen atoms in total. The van der Waals surface area contributed by atoms with Gasteiger partial charge in [0.25, 0.3) is 11.7 Å². The number of benzene rings is 2. The number of Topliss-reactive ketones (excluding diaryl/α,β-unsaturated/α-hetero) is 1. The Kier molecular flexibility index (Phi) is 17.2. The van der Waals surface area contributed by atoms with Crippen molar-refractivity contribution in [2.45, 2.75) is 126 Å². The number of aliphatic hydroxyl groups excluding tert-OH is 2. The summed E-state index contributed by atoms with van der Waals surface area (Å²) in [5.74, 6) is -4.28. The summed E-state index contributed by atoms with van der Waals surface area (Å²) < 4.78 is 18.1. The smallest absolute Gasteiger partial charge is 0.312 e. The molecular formula is C52H72N5O10+. The van der Waals surface area contributed by atoms with Crippen LogP contribution in [0.5, 0.6) is 17.2 Å². The number of H-pyrrole nitrogens is 1. The molecule has 6 N–H and O–H groups in total. The maximum Gasteiger partial charge on any atom is 0.312 e. The number of nitrogens with one attached hydrogen (secondary N) is 2. The summed E-state index contributed by atoms with van der Waals surface area (Å²) >= 11 is 0. The van der Waals surface area contributed by atoms with Gasteiger partial charge in [-0.1, -0.05) is 59.8 Å². The zero-order valence-electron chi connectivity index (χ0n) is 41.3. The lowest BCUT2D eigenvalue weighted by Gasteiger charge is -2.36. The molecule has 7 rings (SSSR count). The Hall–Kier alpha value is -5.64. The number of aromatic nitrogens is 1. The van der Waals surface area contributed by atoms with Crippen molar-refractivity contribution in [3.8, 4) is 17.2 Å². The van der Waals surface area contributed by atoms with Gasteiger partial charge in [0, 0.05) is 88.0 Å². The first-order valence-electron chi connectivity index (χ1n) is 23.4. The van der Waals surface area contributed by atoms with E-state index in [-0.39, 0.29) is 67.6 Å². The van der Waals surface area contributed by atoms with Crippen LogP contribution in [0.3, 0.4) is 0 Å². The Morgan fingerprint density at radius 2 is 1.63 bits per heavy atom. The SMILES string of the molecule is CC(=O)OC1[C@H](C)C/C=C/OC2(C)Oc3c(C)c(O)c4c(O)c(c5c(c4c3C2=O)=NC2(CCN(CC(C)C)CC2)N=5)NC(=O)/C(C)=C\C=C\C(C)C[C@@H](C)[C@@H](O)[C@H]1C.CO.Cc1cc[nH+]cc1. The van der Waals surface area contributed by atoms with E-state index in [9.17, 15) is 29.7 Å². The first-order chi connectivity index (χ1) is 31.7. The molecular weight excluding hydrogens is 855 g/mol. The number of carbonyl (C=O) groups excluding carboxylic acids is 3. The van der Waals surface area contributed by atoms with E-state index in [0.29, 0.717) is 37.2 Å². The molecule has 1 saturated heterocycles. The van der Waals surface area contributed by atoms with E-state index in [4.69, 9.17) is 29.3 Å². The molecule has 1 spiro atoms. The number of fused-ring (bicyclic) bond motifs is 1. The molecule has 3 aromatic rings. The number of aromatic hydroxyl groups is 2. The highest BCUT2D eigenvalue weighted by molar-refractivity contribution is 6.19. The van der Waals surface area contributed by atoms with Gasteiger partial charge in [-0.05, 0) is 68.9 Å². The molecule has 3 unspecified atom stereocenters. The van der Waals surface area contributed by atoms with Crippen LogP contribution in [-0.2, 0) is 19.1 Å². The monoisotopic (exact) mass is 927 g/mol. The van der Waals surface area contributed by atoms with Crippen molar-refractivity contribution >= 4 is 34.1 Å². The standard InChI is InChI=1S/C45H60N4O9.C6H7N.CH4O/c1-23(2)22-49-18-16-45(17-19-49)47-34-31-32-38(52)29(8)41-33(31)42(54)44(10,58-41)56-20-12-15-25(4)40(57-30(9)50)28(7)37(51)27(6)21-24(3)13-11-14-26(5)43(55)46-36(39(32)53)35(34)48-45;1-6-2-4-7-5-3-6;1-2/h11-14,20,23-25,27-28,37,40,51-53H,15-19,21-22H2,1-10H3,(H,46,55);2-5H,1H3;2H,1H3/p+1/b13-11+,20-12+,26-14-;;/t24?,25-,27-,28-,37-,40?,44?;;/m1../s1. The van der Waals surface area contributed by atoms with Gasteiger partial charge in [-0.2, -0.15) is 0 Å². The van der Waals surface area contributed by atoms with Crippen LogP contribution in [-0.4, -0.2) is 93.4 Å². The number of piperidine rings is 1. The number of hydrogen-bond donors (Lipinski definition) is 5. The molecule has 0 saturated carbocycles. The summed E-state index contributed by atoms with van der Waals surface area (Å²) in [6, 6.07) is 4.06. The Balaban J connectivity index is 0.000000844. The van der Waals surface area contributed by atoms with Crippen LogP contribution in [0.1, 0.15) is 109 Å². The van der Waals surface area contributed by atoms with Crippen molar-refractivity contribution in [2.75, 3.05) is 32.1 Å². The number of pyridine rings is 1. The van der Waals surface area contributed by atoms with Crippen LogP contribution in [0.15, 0.2) is 70.7 Å². The Bertz CT molecular complexity index is 2510. The van der Waals surface area contributed by atoms with E-state index >= 15 is 0 Å². The number of anilines is 1. The molecule has 4 aliphatic heterocycles. The summed E-state index contributed by atoms with van der Waals surface area (Å²) in [6.07, 6.45) is 13.1. The van der Waals surface area contributed by atoms with Crippen molar-refractivity contribution in [3.05, 3.63) is 88.1 Å². The topological polar surface area (TPSA) is 214 Å². The van der Waals surface area contributed by atoms with E-state index in [2.05, 4.69) is 36.0 Å². The minimum Gasteiger partial charge on any atom is -0.507 e. The summed E-state index contributed by atoms with van der Waals surface area (Å²) in [5, 5.41) is 45.8. The van der Waals surface area contributed by atoms with Gasteiger partial charge in [0.15, 0.2) is 23.8 Å². The van der Waals surface area contributed by atoms with Gasteiger partial charge in [-0.15, -0.1) is 0 Å². The number of esters is 1. The van der Waals surface area contributed by atoms with Crippen molar-refractivity contribution in [1.82, 2.24) is 4.90 Å². The third-order valence-electron chi connectivity index (χ3n) is 13.1. The van der Waals surface area contributed by atoms with Gasteiger partial charge < -0.3 is 44.9 Å². The number of allylic oxidation sites excluding steroid dienone is 4. The maximum atomic E-state index is 14.6. The maximum absolute atomic E-state index is 14.6. The second-order valence-corrected chi connectivity index (χ2v) is 19.2. The molecule has 0 radical (unpaired) electrons. The number of amides is 1. The van der Waals surface area contributed by atoms with E-state index in [1.165, 1.54) is 25.7 Å². The Morgan fingerprint density at radius 3 is 2.22 bits per heavy atom. The molecule has 1 fully saturated rings. The highest BCUT2D eigenvalue weighted by Gasteiger charge is 2.50. The normalized spacial score (nSPS) is 28.0. The van der Waals surface area contributed by atoms with Crippen LogP contribution in [0, 0.1) is 43.4 Å². The van der Waals surface area contributed by atoms with Gasteiger partial charge in [0.1, 0.15) is 28.6 Å². The number of carbonyl (C=O) groups is 3. The molecule has 4 aliphatic rings. The summed E-state index contributed by atoms with van der Waals surface area (Å²) in [7, 11) is 1.00. The van der Waals surface area contributed by atoms with Gasteiger partial charge in [-0.25, -0.2) is 4.98 Å². The minimum absolute atomic E-state index is 0.00152. The highest BCUT2D eigenvalue weighted by Crippen LogP contribution is 2.50. The van der Waals surface area contributed by atoms with Gasteiger partial charge in [0.05, 0.1) is 28.7 Å². The summed E-state index contributed by atoms with van der Waals surface area (Å²) in [5.41, 5.74) is 1.01. The van der Waals surface area contributed by atoms with Crippen LogP contribution in [0.2, 0.25) is 0 Å². The van der Waals surface area contributed by atoms with Crippen molar-refractivity contribution < 1.29 is 54.0 Å². The van der Waals surface area contributed by atoms with Gasteiger partial charge >= 0.3 is 11.8 Å². The number of phenols is 2. The Labute approximate surface area is 394 Å². The third kappa shape index (κ3) is 11.6. The number of aryl methyl sites for hydroxylation is 1. The number of hydrogen-bond acceptors (Lipinski definition) is 13. The lowest BCUT2D eigenvalue weighted by atomic mass is 9.80. The first-order valence-corrected chi connectivity index (χ1v) is 23.4. The number of ketones is 1. The highest BCUT2D eigenvalue weighted by atomic mass is 16.7. The van der Waals surface area contributed by atoms with Gasteiger partial charge in [0.2, 0.25) is 0 Å². The van der Waals surface area contributed by atoms with E-state index in [1.807, 2.05) is 58.3 Å². The number of rotatable bonds is 3. The number of aliphatic hydroxyl groups is 2. The number of aromatic amines is 1. The van der Waals surface area contributed by atoms with Crippen molar-refractivity contribution in [1.29, 1.82) is 0 Å². The fourth-order valence-electron chi connectivity index (χ4n) is 9.46. The predicted octanol–water partition coefficient (Wildman–Crippen LogP) is 6.57. The van der Waals surface area contributed by atoms with E-state index in [0.717, 1.165) is 26.7 Å². The van der Waals surface area contributed by atoms with E-state index in [1.54, 1.807) is 32.1 Å². The number of phenolic OH excluding ortho intramolecular Hbond substituents is 2. The first kappa shape index (κ1) is 52.3. The van der Waals surface area contributed by atoms with Crippen LogP contribution in [0.4, 0.5) is 5.69 Å². The van der Waals surface area contributed by atoms with Crippen LogP contribution >= 0.6 is 0 Å². The van der Waals surface area contributed by atoms with Crippen LogP contribution < -0.4 is 25.8 Å². The molecule has 5 heterocycles. The summed E-state index contributed by atoms with van der Waals surface area (Å²) in [4.78, 5) is 56.3. The number of likely N-dealkylation sites (tertiary alicyclic amines) is 1. The average Bonchev–Trinajstić information content (AvgIpc) is 3.79. The van der Waals surface area contributed by atoms with Crippen LogP contribution in [0.25, 0.3) is 10.8 Å². The fraction of sp³-hybridized carbons (Fsp3) is 0.538.